The Morgan fingerprint density at radius 2 is 1.68 bits per heavy atom. The summed E-state index contributed by atoms with van der Waals surface area (Å²) in [5.41, 5.74) is 0.503. The number of rotatable bonds is 7. The Hall–Kier alpha value is -1.47. The molecule has 2 N–H and O–H groups in total. The topological polar surface area (TPSA) is 93.1 Å². The zero-order chi connectivity index (χ0) is 17.1. The van der Waals surface area contributed by atoms with Crippen molar-refractivity contribution < 1.29 is 27.6 Å². The van der Waals surface area contributed by atoms with Crippen molar-refractivity contribution in [2.75, 3.05) is 14.2 Å². The van der Waals surface area contributed by atoms with Crippen LogP contribution in [0.25, 0.3) is 0 Å². The van der Waals surface area contributed by atoms with Crippen LogP contribution in [0.1, 0.15) is 50.7 Å². The number of ether oxygens (including phenoxy) is 2. The predicted octanol–water partition coefficient (Wildman–Crippen LogP) is 3.12. The summed E-state index contributed by atoms with van der Waals surface area (Å²) in [7, 11) is -1.77. The van der Waals surface area contributed by atoms with Gasteiger partial charge >= 0.3 is 0 Å². The zero-order valence-electron chi connectivity index (χ0n) is 13.6. The molecule has 0 bridgehead atoms. The van der Waals surface area contributed by atoms with Gasteiger partial charge in [0.1, 0.15) is 4.90 Å². The molecule has 0 saturated heterocycles. The van der Waals surface area contributed by atoms with Gasteiger partial charge < -0.3 is 14.6 Å². The largest absolute Gasteiger partial charge is 0.504 e. The van der Waals surface area contributed by atoms with Crippen LogP contribution in [0.2, 0.25) is 0 Å². The first-order chi connectivity index (χ1) is 10.2. The normalized spacial score (nSPS) is 13.0. The van der Waals surface area contributed by atoms with E-state index in [1.165, 1.54) is 14.2 Å². The molecule has 0 aliphatic rings. The molecule has 1 aromatic rings. The van der Waals surface area contributed by atoms with Crippen molar-refractivity contribution in [3.05, 3.63) is 11.1 Å². The van der Waals surface area contributed by atoms with Crippen LogP contribution in [0.3, 0.4) is 0 Å². The molecule has 0 aromatic heterocycles. The summed E-state index contributed by atoms with van der Waals surface area (Å²) in [4.78, 5) is -0.265. The van der Waals surface area contributed by atoms with Gasteiger partial charge in [0.2, 0.25) is 5.75 Å². The fourth-order valence-corrected chi connectivity index (χ4v) is 3.66. The van der Waals surface area contributed by atoms with Crippen LogP contribution < -0.4 is 9.47 Å². The summed E-state index contributed by atoms with van der Waals surface area (Å²) in [6, 6.07) is 0. The quantitative estimate of drug-likeness (QED) is 0.745. The number of phenols is 1. The minimum atomic E-state index is -4.52. The van der Waals surface area contributed by atoms with E-state index in [0.717, 1.165) is 0 Å². The van der Waals surface area contributed by atoms with Crippen molar-refractivity contribution >= 4 is 10.1 Å². The molecule has 22 heavy (non-hydrogen) atoms. The highest BCUT2D eigenvalue weighted by atomic mass is 32.2. The van der Waals surface area contributed by atoms with Crippen LogP contribution in [-0.4, -0.2) is 32.3 Å². The third kappa shape index (κ3) is 3.30. The fraction of sp³-hybridized carbons (Fsp3) is 0.600. The summed E-state index contributed by atoms with van der Waals surface area (Å²) >= 11 is 0. The fourth-order valence-electron chi connectivity index (χ4n) is 2.58. The molecule has 0 heterocycles. The lowest BCUT2D eigenvalue weighted by Crippen LogP contribution is -2.12. The Labute approximate surface area is 131 Å². The Bertz CT molecular complexity index is 636. The summed E-state index contributed by atoms with van der Waals surface area (Å²) in [6.07, 6.45) is 1.61. The van der Waals surface area contributed by atoms with Gasteiger partial charge in [0, 0.05) is 11.1 Å². The highest BCUT2D eigenvalue weighted by Gasteiger charge is 2.32. The maximum absolute atomic E-state index is 11.9. The number of hydrogen-bond acceptors (Lipinski definition) is 5. The van der Waals surface area contributed by atoms with E-state index in [-0.39, 0.29) is 33.6 Å². The van der Waals surface area contributed by atoms with Crippen LogP contribution >= 0.6 is 0 Å². The van der Waals surface area contributed by atoms with Gasteiger partial charge in [-0.05, 0) is 18.8 Å². The monoisotopic (exact) mass is 332 g/mol. The van der Waals surface area contributed by atoms with Gasteiger partial charge in [-0.1, -0.05) is 27.2 Å². The molecule has 1 unspecified atom stereocenters. The highest BCUT2D eigenvalue weighted by molar-refractivity contribution is 7.86. The molecule has 0 spiro atoms. The minimum Gasteiger partial charge on any atom is -0.504 e. The van der Waals surface area contributed by atoms with Crippen LogP contribution in [0.4, 0.5) is 0 Å². The SMILES string of the molecule is CCCc1c(OC)c(OC)c(O)c(C(C)CC)c1S(=O)(=O)O. The lowest BCUT2D eigenvalue weighted by atomic mass is 9.93. The zero-order valence-corrected chi connectivity index (χ0v) is 14.5. The third-order valence-corrected chi connectivity index (χ3v) is 4.72. The Kier molecular flexibility index (Phi) is 6.08. The number of phenolic OH excluding ortho intramolecular Hbond substituents is 1. The second-order valence-electron chi connectivity index (χ2n) is 5.17. The van der Waals surface area contributed by atoms with Crippen molar-refractivity contribution in [3.8, 4) is 17.2 Å². The number of aromatic hydroxyl groups is 1. The van der Waals surface area contributed by atoms with E-state index in [4.69, 9.17) is 9.47 Å². The van der Waals surface area contributed by atoms with Gasteiger partial charge in [-0.15, -0.1) is 0 Å². The van der Waals surface area contributed by atoms with Crippen molar-refractivity contribution in [2.24, 2.45) is 0 Å². The lowest BCUT2D eigenvalue weighted by molar-refractivity contribution is 0.324. The van der Waals surface area contributed by atoms with Gasteiger partial charge in [0.15, 0.2) is 11.5 Å². The van der Waals surface area contributed by atoms with Crippen LogP contribution in [-0.2, 0) is 16.5 Å². The molecule has 0 amide bonds. The maximum Gasteiger partial charge on any atom is 0.295 e. The summed E-state index contributed by atoms with van der Waals surface area (Å²) < 4.78 is 44.0. The average molecular weight is 332 g/mol. The molecule has 0 aliphatic carbocycles. The van der Waals surface area contributed by atoms with Crippen molar-refractivity contribution in [1.29, 1.82) is 0 Å². The molecule has 126 valence electrons. The number of benzene rings is 1. The van der Waals surface area contributed by atoms with Crippen molar-refractivity contribution in [3.63, 3.8) is 0 Å². The molecule has 0 radical (unpaired) electrons. The second kappa shape index (κ2) is 7.19. The van der Waals surface area contributed by atoms with Gasteiger partial charge in [-0.3, -0.25) is 4.55 Å². The Morgan fingerprint density at radius 1 is 1.14 bits per heavy atom. The van der Waals surface area contributed by atoms with E-state index >= 15 is 0 Å². The van der Waals surface area contributed by atoms with Crippen molar-refractivity contribution in [1.82, 2.24) is 0 Å². The van der Waals surface area contributed by atoms with E-state index in [1.54, 1.807) is 6.92 Å². The first kappa shape index (κ1) is 18.6. The van der Waals surface area contributed by atoms with Crippen molar-refractivity contribution in [2.45, 2.75) is 50.8 Å². The third-order valence-electron chi connectivity index (χ3n) is 3.74. The van der Waals surface area contributed by atoms with Crippen LogP contribution in [0.15, 0.2) is 4.90 Å². The molecule has 6 nitrogen and oxygen atoms in total. The maximum atomic E-state index is 11.9. The first-order valence-electron chi connectivity index (χ1n) is 7.21. The Balaban J connectivity index is 4.01. The minimum absolute atomic E-state index is 0.0913. The molecule has 1 rings (SSSR count). The van der Waals surface area contributed by atoms with Gasteiger partial charge in [0.25, 0.3) is 10.1 Å². The molecule has 1 atom stereocenters. The van der Waals surface area contributed by atoms with E-state index in [2.05, 4.69) is 0 Å². The second-order valence-corrected chi connectivity index (χ2v) is 6.53. The molecule has 0 aliphatic heterocycles. The first-order valence-corrected chi connectivity index (χ1v) is 8.65. The van der Waals surface area contributed by atoms with Crippen LogP contribution in [0, 0.1) is 0 Å². The molecular weight excluding hydrogens is 308 g/mol. The molecule has 1 aromatic carbocycles. The average Bonchev–Trinajstić information content (AvgIpc) is 2.45. The van der Waals surface area contributed by atoms with Gasteiger partial charge in [0.05, 0.1) is 14.2 Å². The Morgan fingerprint density at radius 3 is 2.05 bits per heavy atom. The molecule has 0 saturated carbocycles. The summed E-state index contributed by atoms with van der Waals surface area (Å²) in [5.74, 6) is -0.344. The molecule has 7 heteroatoms. The van der Waals surface area contributed by atoms with Gasteiger partial charge in [-0.2, -0.15) is 8.42 Å². The summed E-state index contributed by atoms with van der Waals surface area (Å²) in [5, 5.41) is 10.5. The number of methoxy groups -OCH3 is 2. The highest BCUT2D eigenvalue weighted by Crippen LogP contribution is 2.49. The van der Waals surface area contributed by atoms with Crippen LogP contribution in [0.5, 0.6) is 17.2 Å². The molecule has 0 fully saturated rings. The van der Waals surface area contributed by atoms with E-state index in [0.29, 0.717) is 24.8 Å². The predicted molar refractivity (Wildman–Crippen MR) is 83.7 cm³/mol. The number of hydrogen-bond donors (Lipinski definition) is 2. The standard InChI is InChI=1S/C15H24O6S/c1-6-8-10-13(20-4)14(21-5)12(16)11(9(3)7-2)15(10)22(17,18)19/h9,16H,6-8H2,1-5H3,(H,17,18,19). The van der Waals surface area contributed by atoms with E-state index in [9.17, 15) is 18.1 Å². The summed E-state index contributed by atoms with van der Waals surface area (Å²) in [6.45, 7) is 5.54. The van der Waals surface area contributed by atoms with E-state index < -0.39 is 10.1 Å². The van der Waals surface area contributed by atoms with E-state index in [1.807, 2.05) is 13.8 Å². The van der Waals surface area contributed by atoms with Gasteiger partial charge in [-0.25, -0.2) is 0 Å². The molecular formula is C15H24O6S. The lowest BCUT2D eigenvalue weighted by Gasteiger charge is -2.23. The smallest absolute Gasteiger partial charge is 0.295 e.